The number of ketones is 1. The van der Waals surface area contributed by atoms with Crippen molar-refractivity contribution in [3.63, 3.8) is 0 Å². The lowest BCUT2D eigenvalue weighted by molar-refractivity contribution is -0.114. The molecule has 1 aliphatic rings. The maximum Gasteiger partial charge on any atom is 0.338 e. The van der Waals surface area contributed by atoms with Gasteiger partial charge in [-0.2, -0.15) is 0 Å². The molecule has 3 aromatic rings. The first kappa shape index (κ1) is 23.1. The lowest BCUT2D eigenvalue weighted by Gasteiger charge is -2.14. The second-order valence-corrected chi connectivity index (χ2v) is 8.36. The number of nitrogens with zero attached hydrogens (tertiary/aromatic N) is 1. The molecule has 0 atom stereocenters. The summed E-state index contributed by atoms with van der Waals surface area (Å²) in [5.74, 6) is -2.52. The van der Waals surface area contributed by atoms with E-state index in [2.05, 4.69) is 21.2 Å². The molecule has 0 aliphatic carbocycles. The number of Topliss-reactive ketones (excluding diaryl/α,β-unsaturated/α-hetero) is 1. The van der Waals surface area contributed by atoms with Crippen molar-refractivity contribution in [2.75, 3.05) is 16.8 Å². The molecular formula is C25H17BrN2O6. The Morgan fingerprint density at radius 1 is 0.853 bits per heavy atom. The lowest BCUT2D eigenvalue weighted by atomic mass is 10.1. The summed E-state index contributed by atoms with van der Waals surface area (Å²) in [5.41, 5.74) is 1.50. The maximum absolute atomic E-state index is 12.9. The third-order valence-corrected chi connectivity index (χ3v) is 5.60. The molecule has 0 bridgehead atoms. The number of carbonyl (C=O) groups excluding carboxylic acids is 5. The van der Waals surface area contributed by atoms with E-state index in [-0.39, 0.29) is 28.4 Å². The molecule has 1 heterocycles. The molecule has 170 valence electrons. The molecule has 1 N–H and O–H groups in total. The van der Waals surface area contributed by atoms with Crippen LogP contribution in [0.5, 0.6) is 0 Å². The van der Waals surface area contributed by atoms with Crippen molar-refractivity contribution >= 4 is 56.8 Å². The fourth-order valence-corrected chi connectivity index (χ4v) is 3.70. The highest BCUT2D eigenvalue weighted by Crippen LogP contribution is 2.30. The van der Waals surface area contributed by atoms with Crippen LogP contribution in [0.1, 0.15) is 48.4 Å². The Hall–Kier alpha value is -4.11. The van der Waals surface area contributed by atoms with E-state index in [4.69, 9.17) is 4.74 Å². The van der Waals surface area contributed by atoms with E-state index in [0.29, 0.717) is 16.9 Å². The van der Waals surface area contributed by atoms with Gasteiger partial charge in [0.15, 0.2) is 12.4 Å². The maximum atomic E-state index is 12.9. The number of halogens is 1. The van der Waals surface area contributed by atoms with E-state index in [0.717, 1.165) is 9.37 Å². The van der Waals surface area contributed by atoms with E-state index in [1.54, 1.807) is 36.4 Å². The molecular weight excluding hydrogens is 504 g/mol. The van der Waals surface area contributed by atoms with Crippen LogP contribution in [-0.2, 0) is 9.53 Å². The van der Waals surface area contributed by atoms with Gasteiger partial charge >= 0.3 is 5.97 Å². The molecule has 8 nitrogen and oxygen atoms in total. The van der Waals surface area contributed by atoms with E-state index < -0.39 is 24.4 Å². The Balaban J connectivity index is 1.48. The Morgan fingerprint density at radius 2 is 1.47 bits per heavy atom. The third-order valence-electron chi connectivity index (χ3n) is 5.07. The molecule has 3 amide bonds. The number of nitrogens with one attached hydrogen (secondary N) is 1. The van der Waals surface area contributed by atoms with Gasteiger partial charge in [0.25, 0.3) is 11.8 Å². The van der Waals surface area contributed by atoms with Crippen molar-refractivity contribution in [1.82, 2.24) is 0 Å². The molecule has 0 radical (unpaired) electrons. The summed E-state index contributed by atoms with van der Waals surface area (Å²) >= 11 is 3.28. The van der Waals surface area contributed by atoms with E-state index >= 15 is 0 Å². The molecule has 1 aliphatic heterocycles. The normalized spacial score (nSPS) is 12.4. The van der Waals surface area contributed by atoms with Gasteiger partial charge in [0, 0.05) is 22.6 Å². The summed E-state index contributed by atoms with van der Waals surface area (Å²) < 4.78 is 5.92. The molecule has 0 spiro atoms. The summed E-state index contributed by atoms with van der Waals surface area (Å²) in [5, 5.41) is 2.61. The Kier molecular flexibility index (Phi) is 6.38. The zero-order chi connectivity index (χ0) is 24.4. The highest BCUT2D eigenvalue weighted by atomic mass is 79.9. The molecule has 0 fully saturated rings. The number of esters is 1. The van der Waals surface area contributed by atoms with Gasteiger partial charge < -0.3 is 10.1 Å². The number of ether oxygens (including phenoxy) is 1. The van der Waals surface area contributed by atoms with E-state index in [9.17, 15) is 24.0 Å². The smallest absolute Gasteiger partial charge is 0.338 e. The quantitative estimate of drug-likeness (QED) is 0.295. The van der Waals surface area contributed by atoms with Crippen molar-refractivity contribution < 1.29 is 28.7 Å². The van der Waals surface area contributed by atoms with Gasteiger partial charge in [-0.1, -0.05) is 28.1 Å². The zero-order valence-corrected chi connectivity index (χ0v) is 19.4. The van der Waals surface area contributed by atoms with Crippen molar-refractivity contribution in [3.05, 3.63) is 93.5 Å². The van der Waals surface area contributed by atoms with E-state index in [1.807, 2.05) is 0 Å². The second-order valence-electron chi connectivity index (χ2n) is 7.44. The van der Waals surface area contributed by atoms with Crippen LogP contribution in [-0.4, -0.2) is 36.1 Å². The summed E-state index contributed by atoms with van der Waals surface area (Å²) in [4.78, 5) is 62.6. The topological polar surface area (TPSA) is 110 Å². The van der Waals surface area contributed by atoms with Gasteiger partial charge in [-0.25, -0.2) is 9.69 Å². The number of rotatable bonds is 6. The van der Waals surface area contributed by atoms with E-state index in [1.165, 1.54) is 37.3 Å². The summed E-state index contributed by atoms with van der Waals surface area (Å²) in [7, 11) is 0. The van der Waals surface area contributed by atoms with Crippen molar-refractivity contribution in [2.24, 2.45) is 0 Å². The number of imide groups is 1. The SMILES string of the molecule is CC(=O)Nc1ccc(N2C(=O)c3ccc(C(=O)OCC(=O)c4ccc(Br)cc4)cc3C2=O)cc1. The highest BCUT2D eigenvalue weighted by Gasteiger charge is 2.37. The molecule has 0 unspecified atom stereocenters. The Morgan fingerprint density at radius 3 is 2.12 bits per heavy atom. The second kappa shape index (κ2) is 9.40. The predicted octanol–water partition coefficient (Wildman–Crippen LogP) is 4.25. The number of fused-ring (bicyclic) bond motifs is 1. The molecule has 3 aromatic carbocycles. The largest absolute Gasteiger partial charge is 0.454 e. The molecule has 0 saturated heterocycles. The average Bonchev–Trinajstić information content (AvgIpc) is 3.07. The molecule has 34 heavy (non-hydrogen) atoms. The van der Waals surface area contributed by atoms with Crippen LogP contribution in [0.4, 0.5) is 11.4 Å². The van der Waals surface area contributed by atoms with Gasteiger partial charge in [0.1, 0.15) is 0 Å². The first-order valence-electron chi connectivity index (χ1n) is 10.1. The van der Waals surface area contributed by atoms with Crippen LogP contribution < -0.4 is 10.2 Å². The first-order valence-corrected chi connectivity index (χ1v) is 10.9. The van der Waals surface area contributed by atoms with Crippen molar-refractivity contribution in [1.29, 1.82) is 0 Å². The van der Waals surface area contributed by atoms with Gasteiger partial charge in [0.05, 0.1) is 22.4 Å². The Bertz CT molecular complexity index is 1330. The van der Waals surface area contributed by atoms with Crippen molar-refractivity contribution in [3.8, 4) is 0 Å². The monoisotopic (exact) mass is 520 g/mol. The van der Waals surface area contributed by atoms with Gasteiger partial charge in [0.2, 0.25) is 5.91 Å². The molecule has 0 aromatic heterocycles. The number of anilines is 2. The molecule has 9 heteroatoms. The highest BCUT2D eigenvalue weighted by molar-refractivity contribution is 9.10. The zero-order valence-electron chi connectivity index (χ0n) is 17.8. The predicted molar refractivity (Wildman–Crippen MR) is 127 cm³/mol. The lowest BCUT2D eigenvalue weighted by Crippen LogP contribution is -2.29. The minimum atomic E-state index is -0.786. The van der Waals surface area contributed by atoms with Crippen LogP contribution >= 0.6 is 15.9 Å². The van der Waals surface area contributed by atoms with Crippen LogP contribution in [0.15, 0.2) is 71.2 Å². The number of amides is 3. The standard InChI is InChI=1S/C25H17BrN2O6/c1-14(29)27-18-7-9-19(10-8-18)28-23(31)20-11-4-16(12-21(20)24(28)32)25(33)34-13-22(30)15-2-5-17(26)6-3-15/h2-12H,13H2,1H3,(H,27,29). The van der Waals surface area contributed by atoms with Crippen LogP contribution in [0.2, 0.25) is 0 Å². The number of hydrogen-bond acceptors (Lipinski definition) is 6. The minimum Gasteiger partial charge on any atom is -0.454 e. The van der Waals surface area contributed by atoms with Crippen LogP contribution in [0.25, 0.3) is 0 Å². The third kappa shape index (κ3) is 4.65. The summed E-state index contributed by atoms with van der Waals surface area (Å²) in [6.07, 6.45) is 0. The van der Waals surface area contributed by atoms with Crippen molar-refractivity contribution in [2.45, 2.75) is 6.92 Å². The minimum absolute atomic E-state index is 0.0476. The number of hydrogen-bond donors (Lipinski definition) is 1. The first-order chi connectivity index (χ1) is 16.2. The number of benzene rings is 3. The molecule has 0 saturated carbocycles. The summed E-state index contributed by atoms with van der Waals surface area (Å²) in [6.45, 7) is 0.911. The van der Waals surface area contributed by atoms with Gasteiger partial charge in [-0.15, -0.1) is 0 Å². The van der Waals surface area contributed by atoms with Crippen LogP contribution in [0.3, 0.4) is 0 Å². The molecule has 4 rings (SSSR count). The average molecular weight is 521 g/mol. The fourth-order valence-electron chi connectivity index (χ4n) is 3.43. The Labute approximate surface area is 202 Å². The van der Waals surface area contributed by atoms with Gasteiger partial charge in [-0.05, 0) is 54.6 Å². The summed E-state index contributed by atoms with van der Waals surface area (Å²) in [6, 6.07) is 16.9. The number of carbonyl (C=O) groups is 5. The van der Waals surface area contributed by atoms with Gasteiger partial charge in [-0.3, -0.25) is 19.2 Å². The van der Waals surface area contributed by atoms with Crippen LogP contribution in [0, 0.1) is 0 Å². The fraction of sp³-hybridized carbons (Fsp3) is 0.0800.